The average Bonchev–Trinajstić information content (AvgIpc) is 1.62. The fraction of sp³-hybridized carbons (Fsp3) is 0. The SMILES string of the molecule is O=P(c1ccccc1)(c1ccccc1)c1ccc2cc(-c3ccc(-c4nc5ccccc5c5oc6ccccc6c45)cc3)ccc2c1.c1ccc(-c2nc(-c3ccccc3)nc(-c3ccc(-c4ccc(-c5nc6ccccc6c6oc7ccccc7c56)cc4)cc3)n2)cc1.c1ccc2cc(-c3ccc4cc(-c5ccc(-c6nc7ccccc7c7oc8ccccc8c67)cc5)ccc4c3)ccc2c1. The van der Waals surface area contributed by atoms with E-state index in [9.17, 15) is 4.57 Å². The highest BCUT2D eigenvalue weighted by Crippen LogP contribution is 2.47. The van der Waals surface area contributed by atoms with Gasteiger partial charge in [-0.05, 0) is 162 Å². The summed E-state index contributed by atoms with van der Waals surface area (Å²) < 4.78 is 34.0. The van der Waals surface area contributed by atoms with Crippen molar-refractivity contribution in [2.45, 2.75) is 0 Å². The minimum atomic E-state index is -3.04. The number of nitrogens with zero attached hydrogens (tertiary/aromatic N) is 6. The van der Waals surface area contributed by atoms with E-state index in [4.69, 9.17) is 43.2 Å². The van der Waals surface area contributed by atoms with Gasteiger partial charge in [-0.2, -0.15) is 0 Å². The van der Waals surface area contributed by atoms with Gasteiger partial charge in [0.15, 0.2) is 24.6 Å². The number of hydrogen-bond acceptors (Lipinski definition) is 10. The van der Waals surface area contributed by atoms with Crippen molar-refractivity contribution in [2.24, 2.45) is 0 Å². The Kier molecular flexibility index (Phi) is 20.3. The Labute approximate surface area is 787 Å². The van der Waals surface area contributed by atoms with Gasteiger partial charge in [0.1, 0.15) is 33.5 Å². The molecule has 0 saturated heterocycles. The largest absolute Gasteiger partial charge is 0.455 e. The van der Waals surface area contributed by atoms with Gasteiger partial charge in [-0.3, -0.25) is 0 Å². The first-order chi connectivity index (χ1) is 67.7. The molecule has 0 unspecified atom stereocenters. The number of fused-ring (bicyclic) bond motifs is 18. The van der Waals surface area contributed by atoms with Crippen LogP contribution in [0.3, 0.4) is 0 Å². The highest BCUT2D eigenvalue weighted by atomic mass is 31.2. The minimum Gasteiger partial charge on any atom is -0.455 e. The van der Waals surface area contributed by atoms with Crippen molar-refractivity contribution in [2.75, 3.05) is 0 Å². The van der Waals surface area contributed by atoms with E-state index in [1.165, 1.54) is 43.8 Å². The van der Waals surface area contributed by atoms with Crippen LogP contribution >= 0.6 is 7.14 Å². The highest BCUT2D eigenvalue weighted by molar-refractivity contribution is 7.85. The first-order valence-electron chi connectivity index (χ1n) is 45.9. The molecule has 0 spiro atoms. The van der Waals surface area contributed by atoms with Crippen molar-refractivity contribution in [1.82, 2.24) is 29.9 Å². The van der Waals surface area contributed by atoms with Crippen LogP contribution in [0.1, 0.15) is 0 Å². The lowest BCUT2D eigenvalue weighted by Crippen LogP contribution is -2.24. The predicted molar refractivity (Wildman–Crippen MR) is 567 cm³/mol. The molecule has 7 heterocycles. The molecule has 0 aliphatic rings. The molecule has 0 N–H and O–H groups in total. The fourth-order valence-electron chi connectivity index (χ4n) is 19.4. The van der Waals surface area contributed by atoms with E-state index in [1.807, 2.05) is 224 Å². The number of rotatable bonds is 13. The van der Waals surface area contributed by atoms with E-state index >= 15 is 0 Å². The molecule has 0 saturated carbocycles. The first-order valence-corrected chi connectivity index (χ1v) is 47.6. The zero-order valence-electron chi connectivity index (χ0n) is 73.9. The monoisotopic (exact) mass is 1770 g/mol. The lowest BCUT2D eigenvalue weighted by molar-refractivity contribution is 0.592. The molecule has 0 atom stereocenters. The molecule has 0 radical (unpaired) electrons. The topological polar surface area (TPSA) is 134 Å². The van der Waals surface area contributed by atoms with E-state index in [-0.39, 0.29) is 0 Å². The molecule has 7 aromatic heterocycles. The maximum atomic E-state index is 14.9. The van der Waals surface area contributed by atoms with Crippen LogP contribution in [0, 0.1) is 0 Å². The molecule has 27 rings (SSSR count). The fourth-order valence-corrected chi connectivity index (χ4v) is 22.1. The summed E-state index contributed by atoms with van der Waals surface area (Å²) in [6.07, 6.45) is 0. The van der Waals surface area contributed by atoms with Gasteiger partial charge in [-0.15, -0.1) is 0 Å². The Morgan fingerprint density at radius 2 is 0.409 bits per heavy atom. The van der Waals surface area contributed by atoms with Crippen LogP contribution in [0.5, 0.6) is 0 Å². The van der Waals surface area contributed by atoms with Crippen LogP contribution in [0.25, 0.3) is 243 Å². The molecular formula is C126H79N6O4P. The van der Waals surface area contributed by atoms with Crippen molar-refractivity contribution in [3.05, 3.63) is 479 Å². The standard InChI is InChI=1S/C43H28NO2P.C42H26N4O.C41H25NO/c45-47(34-11-3-1-4-12-34,35-13-5-2-6-14-35)36-26-25-32-27-31(23-24-33(32)28-36)29-19-21-30(22-20-29)42-41-38-16-8-10-18-40(38)46-43(41)37-15-7-9-17-39(37)44-42;1-3-11-30(12-4-1)40-44-41(31-13-5-2-6-14-31)46-42(45-40)32-25-21-28(22-26-32)27-19-23-29(24-20-27)38-37-34-16-8-10-18-36(34)47-39(37)33-15-7-9-17-35(33)43-38;1-2-8-29-23-31(18-15-26(29)7-1)34-22-21-32-24-30(19-20-33(32)25-34)27-13-16-28(17-14-27)40-39-36-10-4-6-12-38(36)43-41(39)35-9-3-5-11-37(35)42-40/h1-28H;1-26H;1-25H. The second-order valence-corrected chi connectivity index (χ2v) is 37.3. The number of para-hydroxylation sites is 6. The second kappa shape index (κ2) is 34.3. The Bertz CT molecular complexity index is 9320. The summed E-state index contributed by atoms with van der Waals surface area (Å²) in [5, 5.41) is 19.1. The van der Waals surface area contributed by atoms with Gasteiger partial charge in [0.05, 0.1) is 49.8 Å². The Morgan fingerprint density at radius 3 is 0.774 bits per heavy atom. The lowest BCUT2D eigenvalue weighted by atomic mass is 9.95. The maximum Gasteiger partial charge on any atom is 0.171 e. The van der Waals surface area contributed by atoms with E-state index in [0.717, 1.165) is 198 Å². The minimum absolute atomic E-state index is 0.637. The van der Waals surface area contributed by atoms with Crippen LogP contribution < -0.4 is 15.9 Å². The molecule has 0 bridgehead atoms. The number of benzene rings is 20. The number of furan rings is 3. The van der Waals surface area contributed by atoms with Gasteiger partial charge < -0.3 is 17.8 Å². The normalized spacial score (nSPS) is 11.7. The quantitative estimate of drug-likeness (QED) is 0.103. The van der Waals surface area contributed by atoms with Crippen LogP contribution in [-0.2, 0) is 4.57 Å². The zero-order valence-corrected chi connectivity index (χ0v) is 74.8. The molecule has 11 heteroatoms. The summed E-state index contributed by atoms with van der Waals surface area (Å²) in [7, 11) is -3.04. The molecule has 10 nitrogen and oxygen atoms in total. The summed E-state index contributed by atoms with van der Waals surface area (Å²) in [6.45, 7) is 0. The third-order valence-electron chi connectivity index (χ3n) is 26.3. The van der Waals surface area contributed by atoms with Gasteiger partial charge in [0.2, 0.25) is 0 Å². The average molecular weight is 1770 g/mol. The molecule has 0 aliphatic carbocycles. The molecule has 0 aliphatic heterocycles. The number of pyridine rings is 3. The van der Waals surface area contributed by atoms with Crippen molar-refractivity contribution in [3.63, 3.8) is 0 Å². The highest BCUT2D eigenvalue weighted by Gasteiger charge is 2.31. The van der Waals surface area contributed by atoms with Crippen molar-refractivity contribution in [1.29, 1.82) is 0 Å². The number of aromatic nitrogens is 6. The van der Waals surface area contributed by atoms with Crippen LogP contribution in [0.2, 0.25) is 0 Å². The van der Waals surface area contributed by atoms with Gasteiger partial charge in [-0.25, -0.2) is 29.9 Å². The Balaban J connectivity index is 0.000000109. The van der Waals surface area contributed by atoms with E-state index in [0.29, 0.717) is 17.5 Å². The second-order valence-electron chi connectivity index (χ2n) is 34.6. The van der Waals surface area contributed by atoms with E-state index in [1.54, 1.807) is 0 Å². The van der Waals surface area contributed by atoms with Gasteiger partial charge >= 0.3 is 0 Å². The van der Waals surface area contributed by atoms with Gasteiger partial charge in [-0.1, -0.05) is 394 Å². The summed E-state index contributed by atoms with van der Waals surface area (Å²) in [5.41, 5.74) is 26.1. The Morgan fingerprint density at radius 1 is 0.168 bits per heavy atom. The summed E-state index contributed by atoms with van der Waals surface area (Å²) >= 11 is 0. The molecule has 20 aromatic carbocycles. The molecule has 137 heavy (non-hydrogen) atoms. The van der Waals surface area contributed by atoms with Crippen molar-refractivity contribution in [3.8, 4) is 112 Å². The van der Waals surface area contributed by atoms with Crippen molar-refractivity contribution < 1.29 is 17.8 Å². The van der Waals surface area contributed by atoms with E-state index in [2.05, 4.69) is 255 Å². The molecule has 0 fully saturated rings. The van der Waals surface area contributed by atoms with Crippen LogP contribution in [0.15, 0.2) is 492 Å². The predicted octanol–water partition coefficient (Wildman–Crippen LogP) is 32.4. The maximum absolute atomic E-state index is 14.9. The molecule has 27 aromatic rings. The summed E-state index contributed by atoms with van der Waals surface area (Å²) in [4.78, 5) is 29.9. The number of hydrogen-bond donors (Lipinski definition) is 0. The Hall–Kier alpha value is -18.0. The first kappa shape index (κ1) is 81.1. The van der Waals surface area contributed by atoms with Gasteiger partial charge in [0.25, 0.3) is 0 Å². The molecule has 0 amide bonds. The van der Waals surface area contributed by atoms with Crippen LogP contribution in [-0.4, -0.2) is 29.9 Å². The smallest absolute Gasteiger partial charge is 0.171 e. The summed E-state index contributed by atoms with van der Waals surface area (Å²) in [5.74, 6) is 1.94. The third-order valence-corrected chi connectivity index (χ3v) is 29.4. The zero-order chi connectivity index (χ0) is 90.9. The summed E-state index contributed by atoms with van der Waals surface area (Å²) in [6, 6.07) is 165. The van der Waals surface area contributed by atoms with Crippen LogP contribution in [0.4, 0.5) is 0 Å². The lowest BCUT2D eigenvalue weighted by Gasteiger charge is -2.20. The van der Waals surface area contributed by atoms with Gasteiger partial charge in [0, 0.05) is 81.6 Å². The molecule has 642 valence electrons. The third kappa shape index (κ3) is 15.0. The van der Waals surface area contributed by atoms with E-state index < -0.39 is 7.14 Å². The molecular weight excluding hydrogens is 1690 g/mol. The van der Waals surface area contributed by atoms with Crippen molar-refractivity contribution >= 4 is 154 Å².